The van der Waals surface area contributed by atoms with Crippen LogP contribution in [0, 0.1) is 5.82 Å². The van der Waals surface area contributed by atoms with Gasteiger partial charge in [-0.2, -0.15) is 5.10 Å². The first-order chi connectivity index (χ1) is 9.49. The summed E-state index contributed by atoms with van der Waals surface area (Å²) >= 11 is 0. The van der Waals surface area contributed by atoms with Crippen molar-refractivity contribution in [1.82, 2.24) is 9.78 Å². The summed E-state index contributed by atoms with van der Waals surface area (Å²) in [4.78, 5) is 21.7. The summed E-state index contributed by atoms with van der Waals surface area (Å²) < 4.78 is 19.7. The molecule has 1 amide bonds. The van der Waals surface area contributed by atoms with Gasteiger partial charge in [0.1, 0.15) is 12.4 Å². The smallest absolute Gasteiger partial charge is 0.251 e. The maximum absolute atomic E-state index is 13.7. The minimum absolute atomic E-state index is 0.0580. The van der Waals surface area contributed by atoms with E-state index >= 15 is 0 Å². The number of fused-ring (bicyclic) bond motifs is 1. The SMILES string of the molecule is Cn1nc(NC(=O)COCC(=O)[O-])c2c(F)cccc21. The molecule has 0 aliphatic carbocycles. The number of aliphatic carboxylic acids is 1. The zero-order chi connectivity index (χ0) is 14.7. The number of aromatic nitrogens is 2. The highest BCUT2D eigenvalue weighted by molar-refractivity contribution is 6.00. The number of carboxylic acids is 1. The van der Waals surface area contributed by atoms with Crippen molar-refractivity contribution < 1.29 is 23.8 Å². The summed E-state index contributed by atoms with van der Waals surface area (Å²) in [6, 6.07) is 4.45. The Morgan fingerprint density at radius 2 is 2.20 bits per heavy atom. The van der Waals surface area contributed by atoms with E-state index in [1.165, 1.54) is 16.8 Å². The molecule has 0 saturated carbocycles. The normalized spacial score (nSPS) is 10.7. The van der Waals surface area contributed by atoms with Gasteiger partial charge in [-0.3, -0.25) is 9.48 Å². The van der Waals surface area contributed by atoms with Gasteiger partial charge in [0.25, 0.3) is 5.91 Å². The Bertz CT molecular complexity index is 668. The first-order valence-electron chi connectivity index (χ1n) is 5.67. The van der Waals surface area contributed by atoms with Crippen molar-refractivity contribution in [3.63, 3.8) is 0 Å². The van der Waals surface area contributed by atoms with Crippen LogP contribution in [-0.4, -0.2) is 34.9 Å². The van der Waals surface area contributed by atoms with E-state index < -0.39 is 30.9 Å². The molecular formula is C12H11FN3O4-. The molecule has 0 atom stereocenters. The molecule has 2 aromatic rings. The van der Waals surface area contributed by atoms with E-state index in [2.05, 4.69) is 15.2 Å². The van der Waals surface area contributed by atoms with Crippen LogP contribution in [-0.2, 0) is 21.4 Å². The molecule has 1 aromatic heterocycles. The lowest BCUT2D eigenvalue weighted by molar-refractivity contribution is -0.309. The van der Waals surface area contributed by atoms with E-state index in [0.717, 1.165) is 0 Å². The van der Waals surface area contributed by atoms with Gasteiger partial charge in [-0.1, -0.05) is 6.07 Å². The lowest BCUT2D eigenvalue weighted by Gasteiger charge is -2.05. The van der Waals surface area contributed by atoms with Gasteiger partial charge in [-0.15, -0.1) is 0 Å². The van der Waals surface area contributed by atoms with Crippen molar-refractivity contribution in [2.45, 2.75) is 0 Å². The van der Waals surface area contributed by atoms with Crippen LogP contribution in [0.2, 0.25) is 0 Å². The number of carbonyl (C=O) groups is 2. The molecule has 0 bridgehead atoms. The summed E-state index contributed by atoms with van der Waals surface area (Å²) in [7, 11) is 1.62. The molecule has 20 heavy (non-hydrogen) atoms. The molecule has 1 aromatic carbocycles. The number of nitrogens with one attached hydrogen (secondary N) is 1. The summed E-state index contributed by atoms with van der Waals surface area (Å²) in [5, 5.41) is 16.7. The number of carboxylic acid groups (broad SMARTS) is 1. The second kappa shape index (κ2) is 5.66. The molecule has 0 spiro atoms. The predicted octanol–water partition coefficient (Wildman–Crippen LogP) is -0.583. The molecule has 1 heterocycles. The molecule has 0 radical (unpaired) electrons. The van der Waals surface area contributed by atoms with Crippen molar-refractivity contribution in [1.29, 1.82) is 0 Å². The Kier molecular flexibility index (Phi) is 3.94. The van der Waals surface area contributed by atoms with Crippen molar-refractivity contribution in [2.24, 2.45) is 7.05 Å². The van der Waals surface area contributed by atoms with Crippen molar-refractivity contribution in [2.75, 3.05) is 18.5 Å². The summed E-state index contributed by atoms with van der Waals surface area (Å²) in [5.41, 5.74) is 0.524. The van der Waals surface area contributed by atoms with Gasteiger partial charge in [0.05, 0.1) is 23.5 Å². The molecule has 8 heteroatoms. The fourth-order valence-corrected chi connectivity index (χ4v) is 1.75. The third kappa shape index (κ3) is 2.91. The molecule has 0 aliphatic rings. The number of benzene rings is 1. The number of halogens is 1. The monoisotopic (exact) mass is 280 g/mol. The van der Waals surface area contributed by atoms with E-state index in [1.54, 1.807) is 13.1 Å². The van der Waals surface area contributed by atoms with E-state index in [4.69, 9.17) is 0 Å². The van der Waals surface area contributed by atoms with Crippen LogP contribution in [0.5, 0.6) is 0 Å². The van der Waals surface area contributed by atoms with E-state index in [9.17, 15) is 19.1 Å². The Morgan fingerprint density at radius 3 is 2.90 bits per heavy atom. The van der Waals surface area contributed by atoms with Gasteiger partial charge in [-0.25, -0.2) is 4.39 Å². The fraction of sp³-hybridized carbons (Fsp3) is 0.250. The van der Waals surface area contributed by atoms with Crippen LogP contribution in [0.4, 0.5) is 10.2 Å². The Hall–Kier alpha value is -2.48. The standard InChI is InChI=1S/C12H12FN3O4/c1-16-8-4-2-3-7(13)11(8)12(15-16)14-9(17)5-20-6-10(18)19/h2-4H,5-6H2,1H3,(H,18,19)(H,14,15,17)/p-1. The zero-order valence-electron chi connectivity index (χ0n) is 10.6. The number of amides is 1. The first-order valence-corrected chi connectivity index (χ1v) is 5.67. The minimum atomic E-state index is -1.42. The van der Waals surface area contributed by atoms with Gasteiger partial charge in [-0.05, 0) is 12.1 Å². The average molecular weight is 280 g/mol. The topological polar surface area (TPSA) is 96.3 Å². The van der Waals surface area contributed by atoms with Crippen molar-refractivity contribution in [3.05, 3.63) is 24.0 Å². The van der Waals surface area contributed by atoms with Crippen LogP contribution < -0.4 is 10.4 Å². The minimum Gasteiger partial charge on any atom is -0.548 e. The number of carbonyl (C=O) groups excluding carboxylic acids is 2. The predicted molar refractivity (Wildman–Crippen MR) is 65.1 cm³/mol. The number of hydrogen-bond donors (Lipinski definition) is 1. The van der Waals surface area contributed by atoms with E-state index in [1.807, 2.05) is 0 Å². The molecule has 2 rings (SSSR count). The summed E-state index contributed by atoms with van der Waals surface area (Å²) in [6.07, 6.45) is 0. The molecule has 0 aliphatic heterocycles. The van der Waals surface area contributed by atoms with Crippen molar-refractivity contribution in [3.8, 4) is 0 Å². The second-order valence-corrected chi connectivity index (χ2v) is 4.02. The lowest BCUT2D eigenvalue weighted by atomic mass is 10.2. The van der Waals surface area contributed by atoms with Gasteiger partial charge >= 0.3 is 0 Å². The highest BCUT2D eigenvalue weighted by Gasteiger charge is 2.14. The highest BCUT2D eigenvalue weighted by atomic mass is 19.1. The maximum Gasteiger partial charge on any atom is 0.251 e. The van der Waals surface area contributed by atoms with Gasteiger partial charge in [0.2, 0.25) is 0 Å². The summed E-state index contributed by atoms with van der Waals surface area (Å²) in [6.45, 7) is -1.18. The van der Waals surface area contributed by atoms with Gasteiger partial charge < -0.3 is 20.0 Å². The number of aryl methyl sites for hydroxylation is 1. The molecule has 1 N–H and O–H groups in total. The van der Waals surface area contributed by atoms with E-state index in [-0.39, 0.29) is 11.2 Å². The van der Waals surface area contributed by atoms with Crippen LogP contribution in [0.1, 0.15) is 0 Å². The van der Waals surface area contributed by atoms with Gasteiger partial charge in [0, 0.05) is 7.05 Å². The van der Waals surface area contributed by atoms with Crippen LogP contribution in [0.3, 0.4) is 0 Å². The number of rotatable bonds is 5. The van der Waals surface area contributed by atoms with E-state index in [0.29, 0.717) is 5.52 Å². The average Bonchev–Trinajstić information content (AvgIpc) is 2.67. The number of ether oxygens (including phenoxy) is 1. The number of hydrogen-bond acceptors (Lipinski definition) is 5. The largest absolute Gasteiger partial charge is 0.548 e. The first kappa shape index (κ1) is 13.9. The highest BCUT2D eigenvalue weighted by Crippen LogP contribution is 2.24. The molecule has 0 saturated heterocycles. The molecule has 106 valence electrons. The van der Waals surface area contributed by atoms with Gasteiger partial charge in [0.15, 0.2) is 5.82 Å². The second-order valence-electron chi connectivity index (χ2n) is 4.02. The third-order valence-corrected chi connectivity index (χ3v) is 2.54. The van der Waals surface area contributed by atoms with Crippen molar-refractivity contribution >= 4 is 28.6 Å². The zero-order valence-corrected chi connectivity index (χ0v) is 10.6. The van der Waals surface area contributed by atoms with Crippen LogP contribution in [0.25, 0.3) is 10.9 Å². The van der Waals surface area contributed by atoms with Crippen LogP contribution >= 0.6 is 0 Å². The molecule has 7 nitrogen and oxygen atoms in total. The number of nitrogens with zero attached hydrogens (tertiary/aromatic N) is 2. The van der Waals surface area contributed by atoms with Crippen LogP contribution in [0.15, 0.2) is 18.2 Å². The lowest BCUT2D eigenvalue weighted by Crippen LogP contribution is -2.29. The fourth-order valence-electron chi connectivity index (χ4n) is 1.75. The maximum atomic E-state index is 13.7. The molecule has 0 fully saturated rings. The molecule has 0 unspecified atom stereocenters. The third-order valence-electron chi connectivity index (χ3n) is 2.54. The number of anilines is 1. The summed E-state index contributed by atoms with van der Waals surface area (Å²) in [5.74, 6) is -2.51. The Balaban J connectivity index is 2.14. The Morgan fingerprint density at radius 1 is 1.45 bits per heavy atom. The quantitative estimate of drug-likeness (QED) is 0.790. The Labute approximate surface area is 112 Å². The molecular weight excluding hydrogens is 269 g/mol.